The first-order valence-corrected chi connectivity index (χ1v) is 18.6. The second-order valence-electron chi connectivity index (χ2n) is 13.2. The van der Waals surface area contributed by atoms with Crippen LogP contribution >= 0.6 is 0 Å². The molecule has 0 aromatic heterocycles. The molecular weight excluding hydrogens is 652 g/mol. The molecule has 0 saturated carbocycles. The van der Waals surface area contributed by atoms with E-state index in [4.69, 9.17) is 9.47 Å². The topological polar surface area (TPSA) is 100 Å². The number of carbonyl (C=O) groups is 3. The Hall–Kier alpha value is -4.99. The van der Waals surface area contributed by atoms with E-state index in [0.717, 1.165) is 48.3 Å². The van der Waals surface area contributed by atoms with Crippen molar-refractivity contribution in [1.29, 1.82) is 0 Å². The van der Waals surface area contributed by atoms with Gasteiger partial charge in [-0.25, -0.2) is 9.59 Å². The summed E-state index contributed by atoms with van der Waals surface area (Å²) in [6, 6.07) is 31.5. The van der Waals surface area contributed by atoms with E-state index in [1.54, 1.807) is 30.1 Å². The van der Waals surface area contributed by atoms with Gasteiger partial charge in [-0.15, -0.1) is 0 Å². The summed E-state index contributed by atoms with van der Waals surface area (Å²) in [7, 11) is 1.79. The Balaban J connectivity index is 1.27. The zero-order valence-corrected chi connectivity index (χ0v) is 30.5. The third kappa shape index (κ3) is 11.3. The van der Waals surface area contributed by atoms with Crippen molar-refractivity contribution in [3.05, 3.63) is 120 Å². The van der Waals surface area contributed by atoms with Crippen LogP contribution in [0.3, 0.4) is 0 Å². The molecule has 2 N–H and O–H groups in total. The summed E-state index contributed by atoms with van der Waals surface area (Å²) in [6.07, 6.45) is 6.08. The van der Waals surface area contributed by atoms with E-state index in [-0.39, 0.29) is 24.4 Å². The number of nitrogens with one attached hydrogen (secondary N) is 2. The fraction of sp³-hybridized carbons (Fsp3) is 0.372. The predicted octanol–water partition coefficient (Wildman–Crippen LogP) is 7.60. The molecule has 0 aliphatic carbocycles. The number of amides is 2. The molecule has 2 amide bonds. The van der Waals surface area contributed by atoms with Gasteiger partial charge in [-0.05, 0) is 47.4 Å². The molecule has 4 aromatic carbocycles. The summed E-state index contributed by atoms with van der Waals surface area (Å²) < 4.78 is 11.3. The highest BCUT2D eigenvalue weighted by atomic mass is 16.5. The SMILES string of the molecule is CCCCCCCNC(=O)N(C)c1cccc(-c2ccc(C[C@H](Nc3ccccc3C(=O)c3ccccc3)C(=O)OCCN3CCOCC3)cc2)c1. The van der Waals surface area contributed by atoms with Gasteiger partial charge in [0.15, 0.2) is 5.78 Å². The highest BCUT2D eigenvalue weighted by Crippen LogP contribution is 2.26. The average Bonchev–Trinajstić information content (AvgIpc) is 3.19. The van der Waals surface area contributed by atoms with Gasteiger partial charge in [0, 0.05) is 62.1 Å². The minimum absolute atomic E-state index is 0.120. The number of benzene rings is 4. The largest absolute Gasteiger partial charge is 0.463 e. The van der Waals surface area contributed by atoms with Gasteiger partial charge in [0.05, 0.1) is 13.2 Å². The fourth-order valence-electron chi connectivity index (χ4n) is 6.26. The number of hydrogen-bond donors (Lipinski definition) is 2. The van der Waals surface area contributed by atoms with Crippen LogP contribution in [0.4, 0.5) is 16.2 Å². The number of urea groups is 1. The summed E-state index contributed by atoms with van der Waals surface area (Å²) in [5.41, 5.74) is 5.35. The minimum atomic E-state index is -0.734. The molecule has 1 saturated heterocycles. The number of hydrogen-bond acceptors (Lipinski definition) is 7. The van der Waals surface area contributed by atoms with Gasteiger partial charge < -0.3 is 20.1 Å². The zero-order valence-electron chi connectivity index (χ0n) is 30.5. The van der Waals surface area contributed by atoms with Crippen LogP contribution in [0.1, 0.15) is 60.5 Å². The maximum atomic E-state index is 13.7. The lowest BCUT2D eigenvalue weighted by Gasteiger charge is -2.26. The lowest BCUT2D eigenvalue weighted by Crippen LogP contribution is -2.40. The van der Waals surface area contributed by atoms with Gasteiger partial charge >= 0.3 is 12.0 Å². The van der Waals surface area contributed by atoms with Crippen molar-refractivity contribution < 1.29 is 23.9 Å². The highest BCUT2D eigenvalue weighted by Gasteiger charge is 2.24. The van der Waals surface area contributed by atoms with Gasteiger partial charge in [-0.2, -0.15) is 0 Å². The number of rotatable bonds is 18. The number of morpholine rings is 1. The molecule has 52 heavy (non-hydrogen) atoms. The molecular formula is C43H52N4O5. The summed E-state index contributed by atoms with van der Waals surface area (Å²) in [5, 5.41) is 6.40. The molecule has 1 fully saturated rings. The van der Waals surface area contributed by atoms with Crippen LogP contribution in [-0.2, 0) is 20.7 Å². The molecule has 9 heteroatoms. The second kappa shape index (κ2) is 20.2. The normalized spacial score (nSPS) is 13.6. The summed E-state index contributed by atoms with van der Waals surface area (Å²) in [5.74, 6) is -0.505. The van der Waals surface area contributed by atoms with Crippen LogP contribution in [0.15, 0.2) is 103 Å². The van der Waals surface area contributed by atoms with Gasteiger partial charge in [-0.3, -0.25) is 14.6 Å². The summed E-state index contributed by atoms with van der Waals surface area (Å²) in [4.78, 5) is 43.9. The van der Waals surface area contributed by atoms with Crippen molar-refractivity contribution in [2.75, 3.05) is 63.3 Å². The monoisotopic (exact) mass is 704 g/mol. The van der Waals surface area contributed by atoms with Crippen LogP contribution in [0.25, 0.3) is 11.1 Å². The molecule has 1 heterocycles. The number of esters is 1. The van der Waals surface area contributed by atoms with Gasteiger partial charge in [0.1, 0.15) is 12.6 Å². The van der Waals surface area contributed by atoms with Crippen molar-refractivity contribution in [3.63, 3.8) is 0 Å². The molecule has 0 unspecified atom stereocenters. The maximum Gasteiger partial charge on any atom is 0.328 e. The number of nitrogens with zero attached hydrogens (tertiary/aromatic N) is 2. The maximum absolute atomic E-state index is 13.7. The molecule has 9 nitrogen and oxygen atoms in total. The number of unbranched alkanes of at least 4 members (excludes halogenated alkanes) is 4. The first-order chi connectivity index (χ1) is 25.4. The van der Waals surface area contributed by atoms with Crippen molar-refractivity contribution in [3.8, 4) is 11.1 Å². The summed E-state index contributed by atoms with van der Waals surface area (Å²) in [6.45, 7) is 6.74. The lowest BCUT2D eigenvalue weighted by atomic mass is 9.98. The third-order valence-corrected chi connectivity index (χ3v) is 9.40. The predicted molar refractivity (Wildman–Crippen MR) is 208 cm³/mol. The van der Waals surface area contributed by atoms with Crippen LogP contribution < -0.4 is 15.5 Å². The smallest absolute Gasteiger partial charge is 0.328 e. The van der Waals surface area contributed by atoms with E-state index in [0.29, 0.717) is 49.5 Å². The van der Waals surface area contributed by atoms with Crippen molar-refractivity contribution in [1.82, 2.24) is 10.2 Å². The fourth-order valence-corrected chi connectivity index (χ4v) is 6.26. The highest BCUT2D eigenvalue weighted by molar-refractivity contribution is 6.12. The molecule has 1 aliphatic rings. The molecule has 274 valence electrons. The number of ether oxygens (including phenoxy) is 2. The van der Waals surface area contributed by atoms with E-state index < -0.39 is 6.04 Å². The van der Waals surface area contributed by atoms with Crippen LogP contribution in [0, 0.1) is 0 Å². The number of ketones is 1. The first kappa shape index (κ1) is 38.2. The quantitative estimate of drug-likeness (QED) is 0.0625. The standard InChI is InChI=1S/C43H52N4O5/c1-3-4-5-6-12-24-44-43(50)46(2)37-17-13-16-36(32-37)34-22-20-33(21-23-34)31-40(42(49)52-30-27-47-25-28-51-29-26-47)45-39-19-11-10-18-38(39)41(48)35-14-8-7-9-15-35/h7-11,13-23,32,40,45H,3-6,12,24-31H2,1-2H3,(H,44,50)/t40-/m0/s1. The average molecular weight is 705 g/mol. The molecule has 4 aromatic rings. The molecule has 0 bridgehead atoms. The van der Waals surface area contributed by atoms with Crippen molar-refractivity contribution in [2.24, 2.45) is 0 Å². The van der Waals surface area contributed by atoms with Crippen LogP contribution in [-0.4, -0.2) is 81.8 Å². The van der Waals surface area contributed by atoms with Gasteiger partial charge in [0.2, 0.25) is 0 Å². The lowest BCUT2D eigenvalue weighted by molar-refractivity contribution is -0.145. The Morgan fingerprint density at radius 1 is 0.827 bits per heavy atom. The number of para-hydroxylation sites is 1. The third-order valence-electron chi connectivity index (χ3n) is 9.40. The van der Waals surface area contributed by atoms with Crippen LogP contribution in [0.5, 0.6) is 0 Å². The van der Waals surface area contributed by atoms with E-state index in [2.05, 4.69) is 22.5 Å². The molecule has 0 spiro atoms. The molecule has 1 atom stereocenters. The minimum Gasteiger partial charge on any atom is -0.463 e. The van der Waals surface area contributed by atoms with Gasteiger partial charge in [0.25, 0.3) is 0 Å². The van der Waals surface area contributed by atoms with Gasteiger partial charge in [-0.1, -0.05) is 111 Å². The van der Waals surface area contributed by atoms with E-state index in [1.165, 1.54) is 19.3 Å². The Bertz CT molecular complexity index is 1720. The van der Waals surface area contributed by atoms with E-state index >= 15 is 0 Å². The second-order valence-corrected chi connectivity index (χ2v) is 13.2. The molecule has 0 radical (unpaired) electrons. The molecule has 5 rings (SSSR count). The van der Waals surface area contributed by atoms with E-state index in [1.807, 2.05) is 84.9 Å². The number of anilines is 2. The Morgan fingerprint density at radius 3 is 2.33 bits per heavy atom. The summed E-state index contributed by atoms with van der Waals surface area (Å²) >= 11 is 0. The van der Waals surface area contributed by atoms with Crippen molar-refractivity contribution >= 4 is 29.2 Å². The Kier molecular flexibility index (Phi) is 14.8. The van der Waals surface area contributed by atoms with Crippen LogP contribution in [0.2, 0.25) is 0 Å². The Morgan fingerprint density at radius 2 is 1.56 bits per heavy atom. The van der Waals surface area contributed by atoms with E-state index in [9.17, 15) is 14.4 Å². The van der Waals surface area contributed by atoms with Crippen molar-refractivity contribution in [2.45, 2.75) is 51.5 Å². The Labute approximate surface area is 308 Å². The molecule has 1 aliphatic heterocycles. The zero-order chi connectivity index (χ0) is 36.5. The number of carbonyl (C=O) groups excluding carboxylic acids is 3. The first-order valence-electron chi connectivity index (χ1n) is 18.6.